The van der Waals surface area contributed by atoms with Crippen molar-refractivity contribution in [3.05, 3.63) is 48.3 Å². The first-order chi connectivity index (χ1) is 11.1. The lowest BCUT2D eigenvalue weighted by atomic mass is 10.0. The number of amides is 2. The number of hydrogen-bond acceptors (Lipinski definition) is 2. The second-order valence-electron chi connectivity index (χ2n) is 5.94. The van der Waals surface area contributed by atoms with Gasteiger partial charge in [-0.05, 0) is 43.0 Å². The summed E-state index contributed by atoms with van der Waals surface area (Å²) in [5.74, 6) is 0.482. The number of rotatable bonds is 7. The van der Waals surface area contributed by atoms with Gasteiger partial charge in [-0.3, -0.25) is 0 Å². The lowest BCUT2D eigenvalue weighted by Crippen LogP contribution is -2.43. The Morgan fingerprint density at radius 2 is 2.00 bits per heavy atom. The van der Waals surface area contributed by atoms with Gasteiger partial charge in [0.2, 0.25) is 0 Å². The van der Waals surface area contributed by atoms with Crippen molar-refractivity contribution in [2.45, 2.75) is 39.7 Å². The van der Waals surface area contributed by atoms with Gasteiger partial charge in [-0.25, -0.2) is 9.48 Å². The average molecular weight is 314 g/mol. The monoisotopic (exact) mass is 314 g/mol. The first-order valence-electron chi connectivity index (χ1n) is 8.23. The van der Waals surface area contributed by atoms with Gasteiger partial charge < -0.3 is 10.6 Å². The maximum Gasteiger partial charge on any atom is 0.315 e. The Hall–Kier alpha value is -2.30. The molecule has 1 heterocycles. The molecule has 0 radical (unpaired) electrons. The van der Waals surface area contributed by atoms with E-state index in [2.05, 4.69) is 41.7 Å². The van der Waals surface area contributed by atoms with Gasteiger partial charge in [0.25, 0.3) is 0 Å². The molecule has 23 heavy (non-hydrogen) atoms. The van der Waals surface area contributed by atoms with Crippen molar-refractivity contribution in [1.82, 2.24) is 20.4 Å². The number of aromatic nitrogens is 2. The van der Waals surface area contributed by atoms with Gasteiger partial charge >= 0.3 is 6.03 Å². The summed E-state index contributed by atoms with van der Waals surface area (Å²) in [6.45, 7) is 6.95. The van der Waals surface area contributed by atoms with Crippen molar-refractivity contribution < 1.29 is 4.79 Å². The number of nitrogens with one attached hydrogen (secondary N) is 2. The fraction of sp³-hybridized carbons (Fsp3) is 0.444. The number of carbonyl (C=O) groups is 1. The van der Waals surface area contributed by atoms with Crippen LogP contribution in [0.15, 0.2) is 42.7 Å². The molecule has 1 aromatic heterocycles. The molecule has 0 saturated heterocycles. The Kier molecular flexibility index (Phi) is 6.20. The summed E-state index contributed by atoms with van der Waals surface area (Å²) in [6, 6.07) is 10.2. The van der Waals surface area contributed by atoms with Crippen LogP contribution in [0.2, 0.25) is 0 Å². The second-order valence-corrected chi connectivity index (χ2v) is 5.94. The van der Waals surface area contributed by atoms with Gasteiger partial charge in [0.1, 0.15) is 0 Å². The van der Waals surface area contributed by atoms with E-state index in [1.165, 1.54) is 5.56 Å². The van der Waals surface area contributed by atoms with E-state index in [0.29, 0.717) is 12.5 Å². The highest BCUT2D eigenvalue weighted by Gasteiger charge is 2.12. The van der Waals surface area contributed by atoms with Crippen LogP contribution in [0.5, 0.6) is 0 Å². The number of benzene rings is 1. The van der Waals surface area contributed by atoms with E-state index in [-0.39, 0.29) is 12.1 Å². The van der Waals surface area contributed by atoms with E-state index in [9.17, 15) is 4.79 Å². The first-order valence-corrected chi connectivity index (χ1v) is 8.23. The van der Waals surface area contributed by atoms with E-state index >= 15 is 0 Å². The molecule has 0 aliphatic heterocycles. The minimum Gasteiger partial charge on any atom is -0.338 e. The number of carbonyl (C=O) groups excluding carboxylic acids is 1. The van der Waals surface area contributed by atoms with Crippen LogP contribution >= 0.6 is 0 Å². The van der Waals surface area contributed by atoms with Gasteiger partial charge in [-0.15, -0.1) is 0 Å². The minimum absolute atomic E-state index is 0.0917. The topological polar surface area (TPSA) is 59.0 Å². The SMILES string of the molecule is CCC(C)C(C)NC(=O)NCCc1ccc(-n2cccn2)cc1. The van der Waals surface area contributed by atoms with Crippen LogP contribution in [0.3, 0.4) is 0 Å². The van der Waals surface area contributed by atoms with Crippen molar-refractivity contribution in [2.75, 3.05) is 6.54 Å². The summed E-state index contributed by atoms with van der Waals surface area (Å²) in [4.78, 5) is 11.8. The molecule has 2 N–H and O–H groups in total. The molecule has 2 unspecified atom stereocenters. The van der Waals surface area contributed by atoms with E-state index in [0.717, 1.165) is 18.5 Å². The molecule has 0 aliphatic rings. The Balaban J connectivity index is 1.75. The van der Waals surface area contributed by atoms with Crippen molar-refractivity contribution in [3.63, 3.8) is 0 Å². The lowest BCUT2D eigenvalue weighted by Gasteiger charge is -2.20. The van der Waals surface area contributed by atoms with Crippen LogP contribution in [0, 0.1) is 5.92 Å². The molecule has 0 saturated carbocycles. The number of urea groups is 1. The van der Waals surface area contributed by atoms with Gasteiger partial charge in [-0.2, -0.15) is 5.10 Å². The lowest BCUT2D eigenvalue weighted by molar-refractivity contribution is 0.233. The summed E-state index contributed by atoms with van der Waals surface area (Å²) in [7, 11) is 0. The van der Waals surface area contributed by atoms with E-state index < -0.39 is 0 Å². The predicted octanol–water partition coefficient (Wildman–Crippen LogP) is 3.15. The molecule has 2 amide bonds. The Labute approximate surface area is 138 Å². The molecular weight excluding hydrogens is 288 g/mol. The fourth-order valence-corrected chi connectivity index (χ4v) is 2.31. The van der Waals surface area contributed by atoms with Gasteiger partial charge in [0, 0.05) is 25.0 Å². The van der Waals surface area contributed by atoms with Crippen LogP contribution in [-0.2, 0) is 6.42 Å². The van der Waals surface area contributed by atoms with Crippen molar-refractivity contribution in [2.24, 2.45) is 5.92 Å². The number of hydrogen-bond donors (Lipinski definition) is 2. The molecule has 124 valence electrons. The standard InChI is InChI=1S/C18H26N4O/c1-4-14(2)15(3)21-18(23)19-12-10-16-6-8-17(9-7-16)22-13-5-11-20-22/h5-9,11,13-15H,4,10,12H2,1-3H3,(H2,19,21,23). The van der Waals surface area contributed by atoms with Crippen LogP contribution in [-0.4, -0.2) is 28.4 Å². The molecule has 2 aromatic rings. The third-order valence-corrected chi connectivity index (χ3v) is 4.26. The molecule has 0 bridgehead atoms. The quantitative estimate of drug-likeness (QED) is 0.825. The molecule has 1 aromatic carbocycles. The summed E-state index contributed by atoms with van der Waals surface area (Å²) in [5.41, 5.74) is 2.23. The molecule has 0 fully saturated rings. The summed E-state index contributed by atoms with van der Waals surface area (Å²) < 4.78 is 1.83. The number of nitrogens with zero attached hydrogens (tertiary/aromatic N) is 2. The van der Waals surface area contributed by atoms with Gasteiger partial charge in [0.15, 0.2) is 0 Å². The molecule has 5 heteroatoms. The molecule has 0 spiro atoms. The Morgan fingerprint density at radius 1 is 1.26 bits per heavy atom. The highest BCUT2D eigenvalue weighted by Crippen LogP contribution is 2.09. The predicted molar refractivity (Wildman–Crippen MR) is 92.7 cm³/mol. The third kappa shape index (κ3) is 5.13. The fourth-order valence-electron chi connectivity index (χ4n) is 2.31. The van der Waals surface area contributed by atoms with Gasteiger partial charge in [-0.1, -0.05) is 32.4 Å². The highest BCUT2D eigenvalue weighted by atomic mass is 16.2. The molecule has 0 aliphatic carbocycles. The van der Waals surface area contributed by atoms with Crippen molar-refractivity contribution >= 4 is 6.03 Å². The maximum absolute atomic E-state index is 11.8. The largest absolute Gasteiger partial charge is 0.338 e. The first kappa shape index (κ1) is 17.1. The van der Waals surface area contributed by atoms with Crippen molar-refractivity contribution in [1.29, 1.82) is 0 Å². The molecular formula is C18H26N4O. The van der Waals surface area contributed by atoms with E-state index in [4.69, 9.17) is 0 Å². The van der Waals surface area contributed by atoms with E-state index in [1.54, 1.807) is 6.20 Å². The third-order valence-electron chi connectivity index (χ3n) is 4.26. The zero-order valence-corrected chi connectivity index (χ0v) is 14.1. The van der Waals surface area contributed by atoms with Gasteiger partial charge in [0.05, 0.1) is 5.69 Å². The maximum atomic E-state index is 11.8. The molecule has 2 atom stereocenters. The zero-order valence-electron chi connectivity index (χ0n) is 14.1. The van der Waals surface area contributed by atoms with E-state index in [1.807, 2.05) is 36.0 Å². The second kappa shape index (κ2) is 8.36. The zero-order chi connectivity index (χ0) is 16.7. The summed E-state index contributed by atoms with van der Waals surface area (Å²) in [6.07, 6.45) is 5.55. The normalized spacial score (nSPS) is 13.3. The Morgan fingerprint density at radius 3 is 2.61 bits per heavy atom. The Bertz CT molecular complexity index is 592. The molecule has 2 rings (SSSR count). The smallest absolute Gasteiger partial charge is 0.315 e. The average Bonchev–Trinajstić information content (AvgIpc) is 3.09. The van der Waals surface area contributed by atoms with Crippen LogP contribution in [0.25, 0.3) is 5.69 Å². The van der Waals surface area contributed by atoms with Crippen LogP contribution < -0.4 is 10.6 Å². The molecule has 5 nitrogen and oxygen atoms in total. The summed E-state index contributed by atoms with van der Waals surface area (Å²) in [5, 5.41) is 10.1. The highest BCUT2D eigenvalue weighted by molar-refractivity contribution is 5.74. The van der Waals surface area contributed by atoms with Crippen LogP contribution in [0.1, 0.15) is 32.8 Å². The van der Waals surface area contributed by atoms with Crippen molar-refractivity contribution in [3.8, 4) is 5.69 Å². The minimum atomic E-state index is -0.0917. The van der Waals surface area contributed by atoms with Crippen LogP contribution in [0.4, 0.5) is 4.79 Å². The summed E-state index contributed by atoms with van der Waals surface area (Å²) >= 11 is 0.